The van der Waals surface area contributed by atoms with Crippen molar-refractivity contribution in [3.05, 3.63) is 60.2 Å². The summed E-state index contributed by atoms with van der Waals surface area (Å²) in [5.74, 6) is -0.395. The molecular weight excluding hydrogens is 320 g/mol. The summed E-state index contributed by atoms with van der Waals surface area (Å²) in [7, 11) is 1.62. The number of carbonyl (C=O) groups excluding carboxylic acids is 1. The number of benzene rings is 2. The third kappa shape index (κ3) is 6.18. The van der Waals surface area contributed by atoms with Gasteiger partial charge in [0, 0.05) is 12.2 Å². The number of anilines is 1. The van der Waals surface area contributed by atoms with Crippen molar-refractivity contribution in [3.63, 3.8) is 0 Å². The van der Waals surface area contributed by atoms with E-state index in [4.69, 9.17) is 9.84 Å². The number of methoxy groups -OCH3 is 1. The molecule has 0 saturated carbocycles. The number of para-hydroxylation sites is 1. The molecule has 6 nitrogen and oxygen atoms in total. The molecule has 0 fully saturated rings. The Morgan fingerprint density at radius 1 is 1.04 bits per heavy atom. The van der Waals surface area contributed by atoms with Gasteiger partial charge in [-0.2, -0.15) is 0 Å². The van der Waals surface area contributed by atoms with Gasteiger partial charge < -0.3 is 20.1 Å². The predicted molar refractivity (Wildman–Crippen MR) is 96.0 cm³/mol. The number of aliphatic carboxylic acids is 1. The molecule has 2 aromatic carbocycles. The van der Waals surface area contributed by atoms with Gasteiger partial charge in [0.15, 0.2) is 0 Å². The molecule has 2 aromatic rings. The molecule has 0 aliphatic rings. The van der Waals surface area contributed by atoms with Gasteiger partial charge in [-0.05, 0) is 36.2 Å². The smallest absolute Gasteiger partial charge is 0.323 e. The molecule has 0 bridgehead atoms. The topological polar surface area (TPSA) is 78.9 Å². The lowest BCUT2D eigenvalue weighted by atomic mass is 10.1. The lowest BCUT2D eigenvalue weighted by Gasteiger charge is -2.22. The summed E-state index contributed by atoms with van der Waals surface area (Å²) < 4.78 is 5.11. The Kier molecular flexibility index (Phi) is 6.83. The number of hydrogen-bond donors (Lipinski definition) is 2. The molecule has 2 N–H and O–H groups in total. The Morgan fingerprint density at radius 3 is 2.32 bits per heavy atom. The van der Waals surface area contributed by atoms with E-state index in [1.807, 2.05) is 42.5 Å². The van der Waals surface area contributed by atoms with Crippen LogP contribution in [0.3, 0.4) is 0 Å². The number of rotatable bonds is 9. The summed E-state index contributed by atoms with van der Waals surface area (Å²) in [6, 6.07) is 16.7. The zero-order valence-electron chi connectivity index (χ0n) is 14.1. The summed E-state index contributed by atoms with van der Waals surface area (Å²) >= 11 is 0. The molecule has 0 aliphatic heterocycles. The molecule has 0 atom stereocenters. The summed E-state index contributed by atoms with van der Waals surface area (Å²) in [5, 5.41) is 11.9. The van der Waals surface area contributed by atoms with E-state index in [2.05, 4.69) is 5.32 Å². The van der Waals surface area contributed by atoms with Gasteiger partial charge in [-0.15, -0.1) is 0 Å². The molecule has 1 amide bonds. The van der Waals surface area contributed by atoms with E-state index in [0.29, 0.717) is 18.7 Å². The molecule has 0 aliphatic carbocycles. The molecule has 25 heavy (non-hydrogen) atoms. The zero-order valence-corrected chi connectivity index (χ0v) is 14.1. The minimum absolute atomic E-state index is 0.00107. The van der Waals surface area contributed by atoms with Crippen molar-refractivity contribution < 1.29 is 19.4 Å². The van der Waals surface area contributed by atoms with Crippen molar-refractivity contribution in [2.45, 2.75) is 6.42 Å². The standard InChI is InChI=1S/C19H22N2O4/c1-25-17-9-7-15(8-10-17)11-12-20-18(22)13-21(14-19(23)24)16-5-3-2-4-6-16/h2-10H,11-14H2,1H3,(H,20,22)(H,23,24). The second kappa shape index (κ2) is 9.32. The van der Waals surface area contributed by atoms with Crippen LogP contribution >= 0.6 is 0 Å². The molecule has 0 aromatic heterocycles. The van der Waals surface area contributed by atoms with E-state index in [0.717, 1.165) is 11.3 Å². The minimum Gasteiger partial charge on any atom is -0.497 e. The second-order valence-electron chi connectivity index (χ2n) is 5.53. The largest absolute Gasteiger partial charge is 0.497 e. The van der Waals surface area contributed by atoms with Crippen LogP contribution in [-0.4, -0.2) is 43.7 Å². The molecule has 0 saturated heterocycles. The van der Waals surface area contributed by atoms with Gasteiger partial charge in [0.1, 0.15) is 12.3 Å². The second-order valence-corrected chi connectivity index (χ2v) is 5.53. The lowest BCUT2D eigenvalue weighted by molar-refractivity contribution is -0.135. The fourth-order valence-electron chi connectivity index (χ4n) is 2.41. The number of carbonyl (C=O) groups is 2. The number of carboxylic acid groups (broad SMARTS) is 1. The summed E-state index contributed by atoms with van der Waals surface area (Å²) in [4.78, 5) is 24.7. The number of carboxylic acids is 1. The van der Waals surface area contributed by atoms with E-state index in [-0.39, 0.29) is 19.0 Å². The third-order valence-corrected chi connectivity index (χ3v) is 3.68. The normalized spacial score (nSPS) is 10.1. The summed E-state index contributed by atoms with van der Waals surface area (Å²) in [5.41, 5.74) is 1.79. The molecule has 132 valence electrons. The molecule has 0 spiro atoms. The number of ether oxygens (including phenoxy) is 1. The van der Waals surface area contributed by atoms with Gasteiger partial charge in [-0.1, -0.05) is 30.3 Å². The van der Waals surface area contributed by atoms with Gasteiger partial charge in [-0.25, -0.2) is 0 Å². The first-order chi connectivity index (χ1) is 12.1. The Balaban J connectivity index is 1.84. The van der Waals surface area contributed by atoms with Crippen LogP contribution in [0.5, 0.6) is 5.75 Å². The monoisotopic (exact) mass is 342 g/mol. The maximum absolute atomic E-state index is 12.1. The first-order valence-corrected chi connectivity index (χ1v) is 8.00. The SMILES string of the molecule is COc1ccc(CCNC(=O)CN(CC(=O)O)c2ccccc2)cc1. The maximum Gasteiger partial charge on any atom is 0.323 e. The molecule has 0 unspecified atom stereocenters. The first-order valence-electron chi connectivity index (χ1n) is 8.00. The highest BCUT2D eigenvalue weighted by atomic mass is 16.5. The van der Waals surface area contributed by atoms with Crippen LogP contribution in [0.1, 0.15) is 5.56 Å². The Hall–Kier alpha value is -3.02. The van der Waals surface area contributed by atoms with Gasteiger partial charge >= 0.3 is 5.97 Å². The number of hydrogen-bond acceptors (Lipinski definition) is 4. The molecule has 2 rings (SSSR count). The maximum atomic E-state index is 12.1. The van der Waals surface area contributed by atoms with Crippen molar-refractivity contribution in [1.29, 1.82) is 0 Å². The van der Waals surface area contributed by atoms with Gasteiger partial charge in [-0.3, -0.25) is 9.59 Å². The first kappa shape index (κ1) is 18.3. The molecule has 0 radical (unpaired) electrons. The molecule has 6 heteroatoms. The van der Waals surface area contributed by atoms with Crippen LogP contribution in [0.25, 0.3) is 0 Å². The van der Waals surface area contributed by atoms with E-state index in [1.165, 1.54) is 4.90 Å². The van der Waals surface area contributed by atoms with Crippen molar-refractivity contribution in [2.75, 3.05) is 31.6 Å². The zero-order chi connectivity index (χ0) is 18.1. The average Bonchev–Trinajstić information content (AvgIpc) is 2.62. The van der Waals surface area contributed by atoms with E-state index >= 15 is 0 Å². The number of nitrogens with zero attached hydrogens (tertiary/aromatic N) is 1. The highest BCUT2D eigenvalue weighted by Gasteiger charge is 2.14. The fraction of sp³-hybridized carbons (Fsp3) is 0.263. The molecular formula is C19H22N2O4. The van der Waals surface area contributed by atoms with Crippen LogP contribution in [0.15, 0.2) is 54.6 Å². The van der Waals surface area contributed by atoms with Crippen molar-refractivity contribution >= 4 is 17.6 Å². The number of nitrogens with one attached hydrogen (secondary N) is 1. The minimum atomic E-state index is -0.977. The van der Waals surface area contributed by atoms with Crippen LogP contribution in [0, 0.1) is 0 Å². The van der Waals surface area contributed by atoms with E-state index in [9.17, 15) is 9.59 Å². The van der Waals surface area contributed by atoms with Crippen molar-refractivity contribution in [2.24, 2.45) is 0 Å². The van der Waals surface area contributed by atoms with Gasteiger partial charge in [0.05, 0.1) is 13.7 Å². The quantitative estimate of drug-likeness (QED) is 0.728. The Labute approximate surface area is 147 Å². The Morgan fingerprint density at radius 2 is 1.72 bits per heavy atom. The highest BCUT2D eigenvalue weighted by molar-refractivity contribution is 5.84. The van der Waals surface area contributed by atoms with Crippen LogP contribution in [0.2, 0.25) is 0 Å². The predicted octanol–water partition coefficient (Wildman–Crippen LogP) is 1.95. The average molecular weight is 342 g/mol. The van der Waals surface area contributed by atoms with E-state index in [1.54, 1.807) is 19.2 Å². The van der Waals surface area contributed by atoms with E-state index < -0.39 is 5.97 Å². The van der Waals surface area contributed by atoms with Gasteiger partial charge in [0.25, 0.3) is 0 Å². The van der Waals surface area contributed by atoms with Crippen LogP contribution < -0.4 is 15.0 Å². The van der Waals surface area contributed by atoms with Crippen LogP contribution in [0.4, 0.5) is 5.69 Å². The van der Waals surface area contributed by atoms with Gasteiger partial charge in [0.2, 0.25) is 5.91 Å². The third-order valence-electron chi connectivity index (χ3n) is 3.68. The molecule has 0 heterocycles. The van der Waals surface area contributed by atoms with Crippen LogP contribution in [-0.2, 0) is 16.0 Å². The Bertz CT molecular complexity index is 686. The lowest BCUT2D eigenvalue weighted by Crippen LogP contribution is -2.40. The highest BCUT2D eigenvalue weighted by Crippen LogP contribution is 2.13. The van der Waals surface area contributed by atoms with Crippen molar-refractivity contribution in [3.8, 4) is 5.75 Å². The van der Waals surface area contributed by atoms with Crippen molar-refractivity contribution in [1.82, 2.24) is 5.32 Å². The summed E-state index contributed by atoms with van der Waals surface area (Å²) in [6.07, 6.45) is 0.694. The fourth-order valence-corrected chi connectivity index (χ4v) is 2.41. The number of amides is 1. The summed E-state index contributed by atoms with van der Waals surface area (Å²) in [6.45, 7) is 0.260.